The Balaban J connectivity index is 1.84. The topological polar surface area (TPSA) is 24.9 Å². The lowest BCUT2D eigenvalue weighted by atomic mass is 10.0. The minimum atomic E-state index is 0.634. The largest absolute Gasteiger partial charge is 0.315 e. The van der Waals surface area contributed by atoms with Crippen LogP contribution in [0.1, 0.15) is 24.1 Å². The third kappa shape index (κ3) is 2.13. The second-order valence-electron chi connectivity index (χ2n) is 4.48. The van der Waals surface area contributed by atoms with Crippen LogP contribution in [-0.2, 0) is 6.42 Å². The summed E-state index contributed by atoms with van der Waals surface area (Å²) in [7, 11) is 0. The van der Waals surface area contributed by atoms with Gasteiger partial charge in [0.1, 0.15) is 5.01 Å². The molecule has 2 aromatic rings. The van der Waals surface area contributed by atoms with Crippen molar-refractivity contribution in [1.29, 1.82) is 0 Å². The highest BCUT2D eigenvalue weighted by Gasteiger charge is 2.21. The highest BCUT2D eigenvalue weighted by atomic mass is 32.1. The summed E-state index contributed by atoms with van der Waals surface area (Å²) in [6, 6.07) is 8.75. The molecule has 1 N–H and O–H groups in total. The molecule has 1 fully saturated rings. The van der Waals surface area contributed by atoms with Gasteiger partial charge in [0.2, 0.25) is 0 Å². The van der Waals surface area contributed by atoms with Gasteiger partial charge in [-0.05, 0) is 12.0 Å². The molecule has 1 aromatic heterocycles. The number of benzene rings is 1. The average molecular weight is 244 g/mol. The third-order valence-electron chi connectivity index (χ3n) is 3.33. The molecule has 3 heteroatoms. The molecular formula is C14H16N2S. The summed E-state index contributed by atoms with van der Waals surface area (Å²) >= 11 is 1.75. The van der Waals surface area contributed by atoms with Crippen molar-refractivity contribution in [1.82, 2.24) is 10.3 Å². The zero-order chi connectivity index (χ0) is 11.7. The van der Waals surface area contributed by atoms with E-state index in [1.807, 2.05) is 0 Å². The number of nitrogens with one attached hydrogen (secondary N) is 1. The quantitative estimate of drug-likeness (QED) is 0.897. The molecule has 3 rings (SSSR count). The van der Waals surface area contributed by atoms with Crippen LogP contribution in [0.3, 0.4) is 0 Å². The Morgan fingerprint density at radius 1 is 1.29 bits per heavy atom. The maximum Gasteiger partial charge on any atom is 0.123 e. The Morgan fingerprint density at radius 2 is 2.06 bits per heavy atom. The SMILES string of the molecule is CCc1ccc(-c2nc(C3CNC3)cs2)cc1. The summed E-state index contributed by atoms with van der Waals surface area (Å²) in [6.07, 6.45) is 1.09. The number of hydrogen-bond acceptors (Lipinski definition) is 3. The van der Waals surface area contributed by atoms with E-state index in [1.165, 1.54) is 16.8 Å². The molecule has 1 aliphatic heterocycles. The van der Waals surface area contributed by atoms with Crippen molar-refractivity contribution >= 4 is 11.3 Å². The Hall–Kier alpha value is -1.19. The predicted molar refractivity (Wildman–Crippen MR) is 72.5 cm³/mol. The summed E-state index contributed by atoms with van der Waals surface area (Å²) in [5, 5.41) is 6.64. The molecule has 17 heavy (non-hydrogen) atoms. The molecule has 0 saturated carbocycles. The van der Waals surface area contributed by atoms with Crippen LogP contribution in [0.15, 0.2) is 29.6 Å². The molecule has 0 aliphatic carbocycles. The van der Waals surface area contributed by atoms with Crippen LogP contribution >= 0.6 is 11.3 Å². The van der Waals surface area contributed by atoms with E-state index in [0.717, 1.165) is 24.5 Å². The van der Waals surface area contributed by atoms with Gasteiger partial charge in [-0.15, -0.1) is 11.3 Å². The summed E-state index contributed by atoms with van der Waals surface area (Å²) in [4.78, 5) is 4.74. The lowest BCUT2D eigenvalue weighted by molar-refractivity contribution is 0.441. The Bertz CT molecular complexity index is 497. The van der Waals surface area contributed by atoms with Crippen LogP contribution < -0.4 is 5.32 Å². The Labute approximate surface area is 106 Å². The van der Waals surface area contributed by atoms with Gasteiger partial charge in [-0.2, -0.15) is 0 Å². The first kappa shape index (κ1) is 10.9. The molecule has 1 saturated heterocycles. The molecule has 88 valence electrons. The van der Waals surface area contributed by atoms with E-state index in [2.05, 4.69) is 41.9 Å². The van der Waals surface area contributed by atoms with Gasteiger partial charge in [0.05, 0.1) is 5.69 Å². The van der Waals surface area contributed by atoms with E-state index < -0.39 is 0 Å². The molecule has 1 aromatic carbocycles. The van der Waals surface area contributed by atoms with Gasteiger partial charge in [0.15, 0.2) is 0 Å². The lowest BCUT2D eigenvalue weighted by Crippen LogP contribution is -2.40. The van der Waals surface area contributed by atoms with Gasteiger partial charge in [0, 0.05) is 30.0 Å². The van der Waals surface area contributed by atoms with Gasteiger partial charge in [-0.1, -0.05) is 31.2 Å². The smallest absolute Gasteiger partial charge is 0.123 e. The molecule has 2 heterocycles. The highest BCUT2D eigenvalue weighted by Crippen LogP contribution is 2.28. The molecule has 2 nitrogen and oxygen atoms in total. The average Bonchev–Trinajstić information content (AvgIpc) is 2.76. The molecule has 0 amide bonds. The number of aryl methyl sites for hydroxylation is 1. The van der Waals surface area contributed by atoms with Crippen LogP contribution in [0.5, 0.6) is 0 Å². The van der Waals surface area contributed by atoms with Gasteiger partial charge in [-0.3, -0.25) is 0 Å². The monoisotopic (exact) mass is 244 g/mol. The third-order valence-corrected chi connectivity index (χ3v) is 4.24. The van der Waals surface area contributed by atoms with Crippen LogP contribution in [0.4, 0.5) is 0 Å². The van der Waals surface area contributed by atoms with Crippen molar-refractivity contribution in [2.45, 2.75) is 19.3 Å². The highest BCUT2D eigenvalue weighted by molar-refractivity contribution is 7.13. The van der Waals surface area contributed by atoms with Gasteiger partial charge in [-0.25, -0.2) is 4.98 Å². The normalized spacial score (nSPS) is 15.8. The van der Waals surface area contributed by atoms with E-state index in [1.54, 1.807) is 11.3 Å². The second-order valence-corrected chi connectivity index (χ2v) is 5.34. The summed E-state index contributed by atoms with van der Waals surface area (Å²) in [5.74, 6) is 0.634. The molecular weight excluding hydrogens is 228 g/mol. The minimum absolute atomic E-state index is 0.634. The fourth-order valence-electron chi connectivity index (χ4n) is 1.99. The number of rotatable bonds is 3. The fourth-order valence-corrected chi connectivity index (χ4v) is 2.89. The van der Waals surface area contributed by atoms with Crippen LogP contribution in [0, 0.1) is 0 Å². The standard InChI is InChI=1S/C14H16N2S/c1-2-10-3-5-11(6-4-10)14-16-13(9-17-14)12-7-15-8-12/h3-6,9,12,15H,2,7-8H2,1H3. The molecule has 0 unspecified atom stereocenters. The molecule has 0 spiro atoms. The lowest BCUT2D eigenvalue weighted by Gasteiger charge is -2.25. The van der Waals surface area contributed by atoms with E-state index >= 15 is 0 Å². The Morgan fingerprint density at radius 3 is 2.65 bits per heavy atom. The maximum atomic E-state index is 4.74. The van der Waals surface area contributed by atoms with Crippen molar-refractivity contribution in [3.63, 3.8) is 0 Å². The van der Waals surface area contributed by atoms with Gasteiger partial charge < -0.3 is 5.32 Å². The summed E-state index contributed by atoms with van der Waals surface area (Å²) < 4.78 is 0. The second kappa shape index (κ2) is 4.59. The van der Waals surface area contributed by atoms with Gasteiger partial charge in [0.25, 0.3) is 0 Å². The number of aromatic nitrogens is 1. The van der Waals surface area contributed by atoms with Crippen molar-refractivity contribution in [3.8, 4) is 10.6 Å². The van der Waals surface area contributed by atoms with E-state index in [-0.39, 0.29) is 0 Å². The van der Waals surface area contributed by atoms with Crippen LogP contribution in [0.2, 0.25) is 0 Å². The van der Waals surface area contributed by atoms with Gasteiger partial charge >= 0.3 is 0 Å². The number of nitrogens with zero attached hydrogens (tertiary/aromatic N) is 1. The summed E-state index contributed by atoms with van der Waals surface area (Å²) in [5.41, 5.74) is 3.88. The Kier molecular flexibility index (Phi) is 2.95. The van der Waals surface area contributed by atoms with E-state index in [0.29, 0.717) is 5.92 Å². The number of hydrogen-bond donors (Lipinski definition) is 1. The maximum absolute atomic E-state index is 4.74. The van der Waals surface area contributed by atoms with Crippen molar-refractivity contribution in [2.75, 3.05) is 13.1 Å². The van der Waals surface area contributed by atoms with E-state index in [4.69, 9.17) is 4.98 Å². The van der Waals surface area contributed by atoms with Crippen molar-refractivity contribution in [3.05, 3.63) is 40.9 Å². The zero-order valence-corrected chi connectivity index (χ0v) is 10.8. The minimum Gasteiger partial charge on any atom is -0.315 e. The number of thiazole rings is 1. The predicted octanol–water partition coefficient (Wildman–Crippen LogP) is 3.06. The molecule has 0 radical (unpaired) electrons. The van der Waals surface area contributed by atoms with Crippen molar-refractivity contribution in [2.24, 2.45) is 0 Å². The van der Waals surface area contributed by atoms with Crippen LogP contribution in [-0.4, -0.2) is 18.1 Å². The molecule has 0 atom stereocenters. The summed E-state index contributed by atoms with van der Waals surface area (Å²) in [6.45, 7) is 4.34. The molecule has 1 aliphatic rings. The molecule has 0 bridgehead atoms. The first-order valence-electron chi connectivity index (χ1n) is 6.12. The first-order chi connectivity index (χ1) is 8.36. The van der Waals surface area contributed by atoms with E-state index in [9.17, 15) is 0 Å². The zero-order valence-electron chi connectivity index (χ0n) is 9.94. The van der Waals surface area contributed by atoms with Crippen molar-refractivity contribution < 1.29 is 0 Å². The first-order valence-corrected chi connectivity index (χ1v) is 7.00. The van der Waals surface area contributed by atoms with Crippen LogP contribution in [0.25, 0.3) is 10.6 Å². The fraction of sp³-hybridized carbons (Fsp3) is 0.357.